The Kier molecular flexibility index (Phi) is 4.53. The molecule has 18 heavy (non-hydrogen) atoms. The van der Waals surface area contributed by atoms with Crippen molar-refractivity contribution in [3.8, 4) is 0 Å². The first kappa shape index (κ1) is 13.3. The largest absolute Gasteiger partial charge is 0.378 e. The number of rotatable bonds is 4. The van der Waals surface area contributed by atoms with Crippen LogP contribution in [0.25, 0.3) is 0 Å². The fourth-order valence-corrected chi connectivity index (χ4v) is 2.65. The van der Waals surface area contributed by atoms with Gasteiger partial charge in [0, 0.05) is 31.6 Å². The molecule has 1 heterocycles. The topological polar surface area (TPSA) is 46.6 Å². The van der Waals surface area contributed by atoms with Gasteiger partial charge in [-0.25, -0.2) is 0 Å². The van der Waals surface area contributed by atoms with Crippen molar-refractivity contribution in [3.63, 3.8) is 0 Å². The van der Waals surface area contributed by atoms with E-state index in [0.29, 0.717) is 31.6 Å². The quantitative estimate of drug-likeness (QED) is 0.713. The SMILES string of the molecule is CCCC(=O)C1=C(N2CCOCC2)CCCC1=O. The zero-order valence-corrected chi connectivity index (χ0v) is 11.0. The molecule has 0 aromatic heterocycles. The van der Waals surface area contributed by atoms with Crippen LogP contribution in [-0.2, 0) is 14.3 Å². The Hall–Kier alpha value is -1.16. The van der Waals surface area contributed by atoms with Crippen LogP contribution in [0.2, 0.25) is 0 Å². The molecule has 0 saturated carbocycles. The minimum absolute atomic E-state index is 0.0312. The van der Waals surface area contributed by atoms with Crippen molar-refractivity contribution in [1.29, 1.82) is 0 Å². The fourth-order valence-electron chi connectivity index (χ4n) is 2.65. The normalized spacial score (nSPS) is 21.4. The summed E-state index contributed by atoms with van der Waals surface area (Å²) in [5, 5.41) is 0. The van der Waals surface area contributed by atoms with Gasteiger partial charge in [-0.05, 0) is 19.3 Å². The molecule has 1 aliphatic heterocycles. The van der Waals surface area contributed by atoms with Crippen molar-refractivity contribution in [3.05, 3.63) is 11.3 Å². The van der Waals surface area contributed by atoms with Gasteiger partial charge >= 0.3 is 0 Å². The van der Waals surface area contributed by atoms with Crippen LogP contribution in [0.3, 0.4) is 0 Å². The van der Waals surface area contributed by atoms with Crippen LogP contribution in [0.5, 0.6) is 0 Å². The summed E-state index contributed by atoms with van der Waals surface area (Å²) >= 11 is 0. The van der Waals surface area contributed by atoms with Crippen LogP contribution < -0.4 is 0 Å². The van der Waals surface area contributed by atoms with Gasteiger partial charge in [0.15, 0.2) is 11.6 Å². The van der Waals surface area contributed by atoms with Crippen LogP contribution in [0.15, 0.2) is 11.3 Å². The summed E-state index contributed by atoms with van der Waals surface area (Å²) in [6.45, 7) is 4.94. The Labute approximate surface area is 108 Å². The van der Waals surface area contributed by atoms with E-state index < -0.39 is 0 Å². The van der Waals surface area contributed by atoms with E-state index in [-0.39, 0.29) is 11.6 Å². The molecule has 0 amide bonds. The lowest BCUT2D eigenvalue weighted by Crippen LogP contribution is -2.38. The second-order valence-electron chi connectivity index (χ2n) is 4.87. The Morgan fingerprint density at radius 2 is 2.00 bits per heavy atom. The summed E-state index contributed by atoms with van der Waals surface area (Å²) in [5.41, 5.74) is 1.47. The van der Waals surface area contributed by atoms with E-state index in [1.165, 1.54) is 0 Å². The highest BCUT2D eigenvalue weighted by Crippen LogP contribution is 2.27. The second-order valence-corrected chi connectivity index (χ2v) is 4.87. The van der Waals surface area contributed by atoms with Crippen molar-refractivity contribution in [1.82, 2.24) is 4.90 Å². The number of carbonyl (C=O) groups is 2. The molecule has 0 unspecified atom stereocenters. The summed E-state index contributed by atoms with van der Waals surface area (Å²) in [7, 11) is 0. The van der Waals surface area contributed by atoms with Gasteiger partial charge in [-0.2, -0.15) is 0 Å². The zero-order valence-electron chi connectivity index (χ0n) is 11.0. The minimum Gasteiger partial charge on any atom is -0.378 e. The van der Waals surface area contributed by atoms with Crippen molar-refractivity contribution >= 4 is 11.6 Å². The molecular formula is C14H21NO3. The molecule has 4 nitrogen and oxygen atoms in total. The van der Waals surface area contributed by atoms with Crippen molar-refractivity contribution in [2.75, 3.05) is 26.3 Å². The van der Waals surface area contributed by atoms with Crippen molar-refractivity contribution < 1.29 is 14.3 Å². The van der Waals surface area contributed by atoms with Gasteiger partial charge in [0.1, 0.15) is 0 Å². The van der Waals surface area contributed by atoms with Gasteiger partial charge in [0.05, 0.1) is 18.8 Å². The Morgan fingerprint density at radius 1 is 1.28 bits per heavy atom. The zero-order chi connectivity index (χ0) is 13.0. The minimum atomic E-state index is 0.0312. The average molecular weight is 251 g/mol. The monoisotopic (exact) mass is 251 g/mol. The number of Topliss-reactive ketones (excluding diaryl/α,β-unsaturated/α-hetero) is 2. The summed E-state index contributed by atoms with van der Waals surface area (Å²) in [6, 6.07) is 0. The van der Waals surface area contributed by atoms with Crippen LogP contribution in [-0.4, -0.2) is 42.8 Å². The van der Waals surface area contributed by atoms with Crippen molar-refractivity contribution in [2.24, 2.45) is 0 Å². The summed E-state index contributed by atoms with van der Waals surface area (Å²) in [4.78, 5) is 26.3. The molecular weight excluding hydrogens is 230 g/mol. The number of hydrogen-bond acceptors (Lipinski definition) is 4. The first-order valence-corrected chi connectivity index (χ1v) is 6.86. The van der Waals surface area contributed by atoms with Crippen molar-refractivity contribution in [2.45, 2.75) is 39.0 Å². The molecule has 1 aliphatic carbocycles. The van der Waals surface area contributed by atoms with Crippen LogP contribution in [0, 0.1) is 0 Å². The van der Waals surface area contributed by atoms with Crippen LogP contribution in [0.4, 0.5) is 0 Å². The standard InChI is InChI=1S/C14H21NO3/c1-2-4-12(16)14-11(5-3-6-13(14)17)15-7-9-18-10-8-15/h2-10H2,1H3. The Morgan fingerprint density at radius 3 is 2.67 bits per heavy atom. The molecule has 2 aliphatic rings. The highest BCUT2D eigenvalue weighted by atomic mass is 16.5. The summed E-state index contributed by atoms with van der Waals surface area (Å²) < 4.78 is 5.33. The molecule has 100 valence electrons. The third-order valence-corrected chi connectivity index (χ3v) is 3.53. The van der Waals surface area contributed by atoms with E-state index in [1.807, 2.05) is 6.92 Å². The fraction of sp³-hybridized carbons (Fsp3) is 0.714. The van der Waals surface area contributed by atoms with Crippen LogP contribution >= 0.6 is 0 Å². The molecule has 0 spiro atoms. The van der Waals surface area contributed by atoms with E-state index >= 15 is 0 Å². The predicted octanol–water partition coefficient (Wildman–Crippen LogP) is 1.69. The maximum absolute atomic E-state index is 12.1. The number of nitrogens with zero attached hydrogens (tertiary/aromatic N) is 1. The molecule has 2 rings (SSSR count). The maximum Gasteiger partial charge on any atom is 0.168 e. The number of hydrogen-bond donors (Lipinski definition) is 0. The van der Waals surface area contributed by atoms with Gasteiger partial charge in [-0.1, -0.05) is 6.92 Å². The molecule has 0 radical (unpaired) electrons. The summed E-state index contributed by atoms with van der Waals surface area (Å²) in [5.74, 6) is 0.0740. The molecule has 0 atom stereocenters. The van der Waals surface area contributed by atoms with E-state index in [1.54, 1.807) is 0 Å². The number of morpholine rings is 1. The van der Waals surface area contributed by atoms with Gasteiger partial charge in [-0.3, -0.25) is 9.59 Å². The number of ketones is 2. The van der Waals surface area contributed by atoms with E-state index in [2.05, 4.69) is 4.90 Å². The van der Waals surface area contributed by atoms with Gasteiger partial charge in [-0.15, -0.1) is 0 Å². The molecule has 0 aromatic carbocycles. The first-order valence-electron chi connectivity index (χ1n) is 6.86. The number of allylic oxidation sites excluding steroid dienone is 2. The smallest absolute Gasteiger partial charge is 0.168 e. The molecule has 0 aromatic rings. The molecule has 0 bridgehead atoms. The lowest BCUT2D eigenvalue weighted by atomic mass is 9.89. The highest BCUT2D eigenvalue weighted by molar-refractivity contribution is 6.21. The first-order chi connectivity index (χ1) is 8.74. The van der Waals surface area contributed by atoms with Gasteiger partial charge in [0.25, 0.3) is 0 Å². The third-order valence-electron chi connectivity index (χ3n) is 3.53. The van der Waals surface area contributed by atoms with Crippen LogP contribution in [0.1, 0.15) is 39.0 Å². The summed E-state index contributed by atoms with van der Waals surface area (Å²) in [6.07, 6.45) is 3.53. The molecule has 1 fully saturated rings. The Balaban J connectivity index is 2.26. The van der Waals surface area contributed by atoms with E-state index in [9.17, 15) is 9.59 Å². The Bertz CT molecular complexity index is 367. The van der Waals surface area contributed by atoms with E-state index in [0.717, 1.165) is 38.0 Å². The molecule has 4 heteroatoms. The van der Waals surface area contributed by atoms with Gasteiger partial charge in [0.2, 0.25) is 0 Å². The molecule has 0 N–H and O–H groups in total. The van der Waals surface area contributed by atoms with E-state index in [4.69, 9.17) is 4.74 Å². The number of ether oxygens (including phenoxy) is 1. The second kappa shape index (κ2) is 6.14. The van der Waals surface area contributed by atoms with Gasteiger partial charge < -0.3 is 9.64 Å². The maximum atomic E-state index is 12.1. The third kappa shape index (κ3) is 2.80. The molecule has 1 saturated heterocycles. The highest BCUT2D eigenvalue weighted by Gasteiger charge is 2.29. The predicted molar refractivity (Wildman–Crippen MR) is 68.2 cm³/mol. The lowest BCUT2D eigenvalue weighted by Gasteiger charge is -2.34. The lowest BCUT2D eigenvalue weighted by molar-refractivity contribution is -0.122. The average Bonchev–Trinajstić information content (AvgIpc) is 2.39. The number of carbonyl (C=O) groups excluding carboxylic acids is 2.